The summed E-state index contributed by atoms with van der Waals surface area (Å²) in [7, 11) is 0. The van der Waals surface area contributed by atoms with Crippen molar-refractivity contribution in [3.8, 4) is 5.75 Å². The molecule has 20 heavy (non-hydrogen) atoms. The van der Waals surface area contributed by atoms with Gasteiger partial charge in [0.1, 0.15) is 5.75 Å². The Hall–Kier alpha value is -1.26. The van der Waals surface area contributed by atoms with Crippen molar-refractivity contribution in [1.29, 1.82) is 0 Å². The average Bonchev–Trinajstić information content (AvgIpc) is 2.90. The number of benzene rings is 1. The number of nitrogens with one attached hydrogen (secondary N) is 1. The van der Waals surface area contributed by atoms with Gasteiger partial charge in [-0.15, -0.1) is 0 Å². The number of phenols is 1. The first kappa shape index (κ1) is 15.1. The monoisotopic (exact) mass is 296 g/mol. The van der Waals surface area contributed by atoms with Crippen LogP contribution in [0.15, 0.2) is 18.2 Å². The third-order valence-corrected chi connectivity index (χ3v) is 3.97. The van der Waals surface area contributed by atoms with Gasteiger partial charge in [-0.1, -0.05) is 11.6 Å². The van der Waals surface area contributed by atoms with Crippen LogP contribution in [0.3, 0.4) is 0 Å². The molecular formula is C15H21ClN2O2. The zero-order chi connectivity index (χ0) is 14.7. The van der Waals surface area contributed by atoms with Crippen LogP contribution in [0.25, 0.3) is 0 Å². The Bertz CT molecular complexity index is 485. The number of carbonyl (C=O) groups excluding carboxylic acids is 1. The third kappa shape index (κ3) is 3.44. The fourth-order valence-electron chi connectivity index (χ4n) is 2.51. The van der Waals surface area contributed by atoms with E-state index in [9.17, 15) is 9.90 Å². The van der Waals surface area contributed by atoms with Crippen LogP contribution in [0.1, 0.15) is 37.0 Å². The Balaban J connectivity index is 2.19. The number of hydrogen-bond acceptors (Lipinski definition) is 3. The third-order valence-electron chi connectivity index (χ3n) is 3.64. The number of phenolic OH excluding ortho intramolecular Hbond substituents is 1. The standard InChI is InChI=1S/C15H21ClN2O2/c1-10(2)18(9-11-4-3-7-17-11)15(20)13-8-12(19)5-6-14(13)16/h5-6,8,10-11,17,19H,3-4,7,9H2,1-2H3. The number of halogens is 1. The van der Waals surface area contributed by atoms with Crippen LogP contribution in [0.2, 0.25) is 5.02 Å². The van der Waals surface area contributed by atoms with Gasteiger partial charge in [-0.05, 0) is 51.4 Å². The first-order chi connectivity index (χ1) is 9.49. The molecule has 0 aliphatic carbocycles. The van der Waals surface area contributed by atoms with E-state index < -0.39 is 0 Å². The molecule has 1 aliphatic heterocycles. The number of amides is 1. The minimum atomic E-state index is -0.130. The lowest BCUT2D eigenvalue weighted by Crippen LogP contribution is -2.44. The lowest BCUT2D eigenvalue weighted by atomic mass is 10.1. The summed E-state index contributed by atoms with van der Waals surface area (Å²) in [4.78, 5) is 14.5. The molecule has 1 aromatic rings. The average molecular weight is 297 g/mol. The molecule has 1 saturated heterocycles. The predicted molar refractivity (Wildman–Crippen MR) is 80.3 cm³/mol. The van der Waals surface area contributed by atoms with Crippen molar-refractivity contribution in [3.05, 3.63) is 28.8 Å². The Morgan fingerprint density at radius 2 is 2.30 bits per heavy atom. The van der Waals surface area contributed by atoms with Crippen LogP contribution in [0.5, 0.6) is 5.75 Å². The van der Waals surface area contributed by atoms with E-state index in [-0.39, 0.29) is 17.7 Å². The maximum atomic E-state index is 12.6. The minimum Gasteiger partial charge on any atom is -0.508 e. The SMILES string of the molecule is CC(C)N(CC1CCCN1)C(=O)c1cc(O)ccc1Cl. The Kier molecular flexibility index (Phi) is 4.89. The summed E-state index contributed by atoms with van der Waals surface area (Å²) in [6.07, 6.45) is 2.24. The van der Waals surface area contributed by atoms with Crippen LogP contribution < -0.4 is 5.32 Å². The van der Waals surface area contributed by atoms with Crippen molar-refractivity contribution >= 4 is 17.5 Å². The molecule has 1 fully saturated rings. The molecule has 0 bridgehead atoms. The van der Waals surface area contributed by atoms with Gasteiger partial charge in [0.15, 0.2) is 0 Å². The fraction of sp³-hybridized carbons (Fsp3) is 0.533. The summed E-state index contributed by atoms with van der Waals surface area (Å²) in [6.45, 7) is 5.66. The maximum absolute atomic E-state index is 12.6. The van der Waals surface area contributed by atoms with Crippen LogP contribution in [-0.2, 0) is 0 Å². The molecule has 1 aromatic carbocycles. The molecule has 0 radical (unpaired) electrons. The molecule has 110 valence electrons. The second-order valence-corrected chi connectivity index (χ2v) is 5.92. The fourth-order valence-corrected chi connectivity index (χ4v) is 2.71. The molecule has 2 N–H and O–H groups in total. The molecule has 0 saturated carbocycles. The molecule has 2 rings (SSSR count). The van der Waals surface area contributed by atoms with E-state index in [1.807, 2.05) is 18.7 Å². The highest BCUT2D eigenvalue weighted by molar-refractivity contribution is 6.33. The Morgan fingerprint density at radius 3 is 2.90 bits per heavy atom. The van der Waals surface area contributed by atoms with Gasteiger partial charge in [0.05, 0.1) is 10.6 Å². The van der Waals surface area contributed by atoms with Crippen LogP contribution >= 0.6 is 11.6 Å². The van der Waals surface area contributed by atoms with Gasteiger partial charge in [-0.2, -0.15) is 0 Å². The lowest BCUT2D eigenvalue weighted by molar-refractivity contribution is 0.0689. The molecule has 1 amide bonds. The molecule has 0 aromatic heterocycles. The van der Waals surface area contributed by atoms with Crippen molar-refractivity contribution in [2.45, 2.75) is 38.8 Å². The molecule has 1 unspecified atom stereocenters. The van der Waals surface area contributed by atoms with Gasteiger partial charge >= 0.3 is 0 Å². The predicted octanol–water partition coefficient (Wildman–Crippen LogP) is 2.65. The van der Waals surface area contributed by atoms with E-state index in [2.05, 4.69) is 5.32 Å². The molecule has 0 spiro atoms. The maximum Gasteiger partial charge on any atom is 0.255 e. The van der Waals surface area contributed by atoms with Crippen molar-refractivity contribution < 1.29 is 9.90 Å². The van der Waals surface area contributed by atoms with Gasteiger partial charge in [0.2, 0.25) is 0 Å². The molecule has 1 atom stereocenters. The highest BCUT2D eigenvalue weighted by Gasteiger charge is 2.25. The van der Waals surface area contributed by atoms with E-state index in [1.54, 1.807) is 6.07 Å². The second-order valence-electron chi connectivity index (χ2n) is 5.51. The van der Waals surface area contributed by atoms with Gasteiger partial charge in [-0.3, -0.25) is 4.79 Å². The summed E-state index contributed by atoms with van der Waals surface area (Å²) < 4.78 is 0. The van der Waals surface area contributed by atoms with Crippen LogP contribution in [0.4, 0.5) is 0 Å². The molecule has 5 heteroatoms. The van der Waals surface area contributed by atoms with E-state index in [4.69, 9.17) is 11.6 Å². The van der Waals surface area contributed by atoms with Crippen molar-refractivity contribution in [2.24, 2.45) is 0 Å². The summed E-state index contributed by atoms with van der Waals surface area (Å²) >= 11 is 6.08. The first-order valence-electron chi connectivity index (χ1n) is 7.02. The molecule has 4 nitrogen and oxygen atoms in total. The van der Waals surface area contributed by atoms with E-state index in [0.29, 0.717) is 23.2 Å². The minimum absolute atomic E-state index is 0.0560. The van der Waals surface area contributed by atoms with Crippen molar-refractivity contribution in [1.82, 2.24) is 10.2 Å². The smallest absolute Gasteiger partial charge is 0.255 e. The molecular weight excluding hydrogens is 276 g/mol. The quantitative estimate of drug-likeness (QED) is 0.898. The number of nitrogens with zero attached hydrogens (tertiary/aromatic N) is 1. The van der Waals surface area contributed by atoms with Gasteiger partial charge < -0.3 is 15.3 Å². The molecule has 1 heterocycles. The molecule has 1 aliphatic rings. The topological polar surface area (TPSA) is 52.6 Å². The van der Waals surface area contributed by atoms with Crippen LogP contribution in [0, 0.1) is 0 Å². The number of aromatic hydroxyl groups is 1. The lowest BCUT2D eigenvalue weighted by Gasteiger charge is -2.30. The van der Waals surface area contributed by atoms with Crippen molar-refractivity contribution in [3.63, 3.8) is 0 Å². The summed E-state index contributed by atoms with van der Waals surface area (Å²) in [5.41, 5.74) is 0.360. The zero-order valence-corrected chi connectivity index (χ0v) is 12.7. The highest BCUT2D eigenvalue weighted by atomic mass is 35.5. The summed E-state index contributed by atoms with van der Waals surface area (Å²) in [6, 6.07) is 4.90. The zero-order valence-electron chi connectivity index (χ0n) is 11.9. The van der Waals surface area contributed by atoms with E-state index in [0.717, 1.165) is 19.4 Å². The Labute approximate surface area is 124 Å². The first-order valence-corrected chi connectivity index (χ1v) is 7.39. The summed E-state index contributed by atoms with van der Waals surface area (Å²) in [5, 5.41) is 13.3. The number of carbonyl (C=O) groups is 1. The van der Waals surface area contributed by atoms with E-state index >= 15 is 0 Å². The largest absolute Gasteiger partial charge is 0.508 e. The van der Waals surface area contributed by atoms with Gasteiger partial charge in [-0.25, -0.2) is 0 Å². The normalized spacial score (nSPS) is 18.5. The van der Waals surface area contributed by atoms with Crippen LogP contribution in [-0.4, -0.2) is 41.1 Å². The van der Waals surface area contributed by atoms with E-state index in [1.165, 1.54) is 12.1 Å². The van der Waals surface area contributed by atoms with Gasteiger partial charge in [0, 0.05) is 18.6 Å². The van der Waals surface area contributed by atoms with Crippen molar-refractivity contribution in [2.75, 3.05) is 13.1 Å². The number of rotatable bonds is 4. The number of hydrogen-bond donors (Lipinski definition) is 2. The summed E-state index contributed by atoms with van der Waals surface area (Å²) in [5.74, 6) is -0.0740. The Morgan fingerprint density at radius 1 is 1.55 bits per heavy atom. The highest BCUT2D eigenvalue weighted by Crippen LogP contribution is 2.24. The second kappa shape index (κ2) is 6.46. The van der Waals surface area contributed by atoms with Gasteiger partial charge in [0.25, 0.3) is 5.91 Å².